The SMILES string of the molecule is CC(C)NC(=O)c1ccc(NC(=S)NC(=O)c2ccc([N+](=O)[O-])cc2)cc1. The summed E-state index contributed by atoms with van der Waals surface area (Å²) >= 11 is 5.09. The molecule has 0 aliphatic carbocycles. The van der Waals surface area contributed by atoms with Gasteiger partial charge in [0, 0.05) is 35.0 Å². The van der Waals surface area contributed by atoms with Crippen molar-refractivity contribution < 1.29 is 14.5 Å². The Kier molecular flexibility index (Phi) is 6.56. The number of benzene rings is 2. The van der Waals surface area contributed by atoms with Crippen molar-refractivity contribution in [3.05, 3.63) is 69.8 Å². The maximum Gasteiger partial charge on any atom is 0.269 e. The van der Waals surface area contributed by atoms with Crippen LogP contribution in [0.25, 0.3) is 0 Å². The Morgan fingerprint density at radius 3 is 2.00 bits per heavy atom. The molecule has 140 valence electrons. The lowest BCUT2D eigenvalue weighted by molar-refractivity contribution is -0.384. The summed E-state index contributed by atoms with van der Waals surface area (Å²) in [5.74, 6) is -0.666. The molecule has 0 aliphatic rings. The van der Waals surface area contributed by atoms with E-state index in [1.807, 2.05) is 13.8 Å². The number of carbonyl (C=O) groups is 2. The van der Waals surface area contributed by atoms with Gasteiger partial charge in [0.1, 0.15) is 0 Å². The van der Waals surface area contributed by atoms with Crippen LogP contribution >= 0.6 is 12.2 Å². The van der Waals surface area contributed by atoms with E-state index in [9.17, 15) is 19.7 Å². The summed E-state index contributed by atoms with van der Waals surface area (Å²) in [6, 6.07) is 11.8. The molecule has 0 bridgehead atoms. The number of nitro groups is 1. The van der Waals surface area contributed by atoms with E-state index in [2.05, 4.69) is 16.0 Å². The van der Waals surface area contributed by atoms with Crippen LogP contribution in [-0.4, -0.2) is 27.9 Å². The summed E-state index contributed by atoms with van der Waals surface area (Å²) in [4.78, 5) is 34.1. The quantitative estimate of drug-likeness (QED) is 0.414. The summed E-state index contributed by atoms with van der Waals surface area (Å²) < 4.78 is 0. The van der Waals surface area contributed by atoms with Crippen LogP contribution in [0, 0.1) is 10.1 Å². The Morgan fingerprint density at radius 1 is 0.963 bits per heavy atom. The van der Waals surface area contributed by atoms with Gasteiger partial charge in [-0.2, -0.15) is 0 Å². The second-order valence-corrected chi connectivity index (χ2v) is 6.33. The van der Waals surface area contributed by atoms with Crippen molar-refractivity contribution in [2.45, 2.75) is 19.9 Å². The maximum absolute atomic E-state index is 12.1. The molecule has 0 unspecified atom stereocenters. The Bertz CT molecular complexity index is 864. The number of carbonyl (C=O) groups excluding carboxylic acids is 2. The first kappa shape index (κ1) is 20.0. The highest BCUT2D eigenvalue weighted by Crippen LogP contribution is 2.12. The number of rotatable bonds is 5. The van der Waals surface area contributed by atoms with Gasteiger partial charge in [-0.15, -0.1) is 0 Å². The molecule has 0 radical (unpaired) electrons. The van der Waals surface area contributed by atoms with Gasteiger partial charge in [-0.1, -0.05) is 0 Å². The van der Waals surface area contributed by atoms with Crippen LogP contribution in [0.4, 0.5) is 11.4 Å². The third-order valence-corrected chi connectivity index (χ3v) is 3.60. The minimum absolute atomic E-state index is 0.0394. The van der Waals surface area contributed by atoms with Gasteiger partial charge >= 0.3 is 0 Å². The lowest BCUT2D eigenvalue weighted by Gasteiger charge is -2.11. The number of anilines is 1. The summed E-state index contributed by atoms with van der Waals surface area (Å²) in [5.41, 5.74) is 1.25. The van der Waals surface area contributed by atoms with Gasteiger partial charge < -0.3 is 10.6 Å². The van der Waals surface area contributed by atoms with Crippen LogP contribution in [0.3, 0.4) is 0 Å². The van der Waals surface area contributed by atoms with E-state index in [-0.39, 0.29) is 28.3 Å². The van der Waals surface area contributed by atoms with E-state index in [0.717, 1.165) is 0 Å². The van der Waals surface area contributed by atoms with Gasteiger partial charge in [0.2, 0.25) is 0 Å². The molecule has 9 heteroatoms. The maximum atomic E-state index is 12.1. The molecule has 0 aliphatic heterocycles. The smallest absolute Gasteiger partial charge is 0.269 e. The van der Waals surface area contributed by atoms with Gasteiger partial charge in [-0.3, -0.25) is 25.0 Å². The fourth-order valence-corrected chi connectivity index (χ4v) is 2.33. The molecule has 0 saturated heterocycles. The summed E-state index contributed by atoms with van der Waals surface area (Å²) in [6.45, 7) is 3.75. The molecule has 2 aromatic carbocycles. The fourth-order valence-electron chi connectivity index (χ4n) is 2.12. The van der Waals surface area contributed by atoms with Crippen LogP contribution in [0.5, 0.6) is 0 Å². The number of thiocarbonyl (C=S) groups is 1. The lowest BCUT2D eigenvalue weighted by atomic mass is 10.2. The molecule has 27 heavy (non-hydrogen) atoms. The van der Waals surface area contributed by atoms with E-state index in [1.165, 1.54) is 24.3 Å². The standard InChI is InChI=1S/C18H18N4O4S/c1-11(2)19-16(23)12-3-7-14(8-4-12)20-18(27)21-17(24)13-5-9-15(10-6-13)22(25)26/h3-11H,1-2H3,(H,19,23)(H2,20,21,24,27). The third kappa shape index (κ3) is 5.86. The van der Waals surface area contributed by atoms with Crippen LogP contribution in [0.15, 0.2) is 48.5 Å². The van der Waals surface area contributed by atoms with Crippen molar-refractivity contribution in [2.75, 3.05) is 5.32 Å². The minimum Gasteiger partial charge on any atom is -0.350 e. The zero-order valence-electron chi connectivity index (χ0n) is 14.7. The number of hydrogen-bond donors (Lipinski definition) is 3. The zero-order valence-corrected chi connectivity index (χ0v) is 15.5. The number of nitrogens with one attached hydrogen (secondary N) is 3. The molecular formula is C18H18N4O4S. The molecule has 8 nitrogen and oxygen atoms in total. The number of amides is 2. The van der Waals surface area contributed by atoms with Crippen molar-refractivity contribution in [3.63, 3.8) is 0 Å². The summed E-state index contributed by atoms with van der Waals surface area (Å²) in [7, 11) is 0. The van der Waals surface area contributed by atoms with Crippen LogP contribution in [0.2, 0.25) is 0 Å². The van der Waals surface area contributed by atoms with Gasteiger partial charge in [-0.25, -0.2) is 0 Å². The first-order valence-electron chi connectivity index (χ1n) is 8.04. The van der Waals surface area contributed by atoms with Gasteiger partial charge in [-0.05, 0) is 62.5 Å². The van der Waals surface area contributed by atoms with Crippen molar-refractivity contribution in [3.8, 4) is 0 Å². The molecule has 0 fully saturated rings. The number of hydrogen-bond acceptors (Lipinski definition) is 5. The molecule has 0 saturated carbocycles. The number of non-ortho nitro benzene ring substituents is 1. The molecule has 0 aromatic heterocycles. The van der Waals surface area contributed by atoms with Crippen LogP contribution < -0.4 is 16.0 Å². The highest BCUT2D eigenvalue weighted by molar-refractivity contribution is 7.80. The Balaban J connectivity index is 1.94. The van der Waals surface area contributed by atoms with Gasteiger partial charge in [0.05, 0.1) is 4.92 Å². The largest absolute Gasteiger partial charge is 0.350 e. The van der Waals surface area contributed by atoms with Crippen molar-refractivity contribution in [2.24, 2.45) is 0 Å². The minimum atomic E-state index is -0.543. The average molecular weight is 386 g/mol. The Hall–Kier alpha value is -3.33. The Labute approximate surface area is 161 Å². The average Bonchev–Trinajstić information content (AvgIpc) is 2.61. The summed E-state index contributed by atoms with van der Waals surface area (Å²) in [6.07, 6.45) is 0. The molecule has 2 aromatic rings. The molecular weight excluding hydrogens is 368 g/mol. The normalized spacial score (nSPS) is 10.2. The Morgan fingerprint density at radius 2 is 1.48 bits per heavy atom. The molecule has 2 amide bonds. The fraction of sp³-hybridized carbons (Fsp3) is 0.167. The number of nitro benzene ring substituents is 1. The van der Waals surface area contributed by atoms with E-state index in [1.54, 1.807) is 24.3 Å². The predicted octanol–water partition coefficient (Wildman–Crippen LogP) is 2.86. The van der Waals surface area contributed by atoms with Crippen molar-refractivity contribution in [1.29, 1.82) is 0 Å². The summed E-state index contributed by atoms with van der Waals surface area (Å²) in [5, 5.41) is 18.8. The van der Waals surface area contributed by atoms with Crippen LogP contribution in [-0.2, 0) is 0 Å². The highest BCUT2D eigenvalue weighted by atomic mass is 32.1. The second-order valence-electron chi connectivity index (χ2n) is 5.92. The van der Waals surface area contributed by atoms with E-state index in [4.69, 9.17) is 12.2 Å². The van der Waals surface area contributed by atoms with E-state index in [0.29, 0.717) is 11.3 Å². The zero-order chi connectivity index (χ0) is 20.0. The van der Waals surface area contributed by atoms with Gasteiger partial charge in [0.25, 0.3) is 17.5 Å². The monoisotopic (exact) mass is 386 g/mol. The van der Waals surface area contributed by atoms with Gasteiger partial charge in [0.15, 0.2) is 5.11 Å². The first-order valence-corrected chi connectivity index (χ1v) is 8.45. The van der Waals surface area contributed by atoms with E-state index < -0.39 is 10.8 Å². The number of nitrogens with zero attached hydrogens (tertiary/aromatic N) is 1. The third-order valence-electron chi connectivity index (χ3n) is 3.39. The molecule has 0 heterocycles. The predicted molar refractivity (Wildman–Crippen MR) is 106 cm³/mol. The molecule has 2 rings (SSSR count). The molecule has 0 atom stereocenters. The highest BCUT2D eigenvalue weighted by Gasteiger charge is 2.11. The lowest BCUT2D eigenvalue weighted by Crippen LogP contribution is -2.34. The molecule has 0 spiro atoms. The van der Waals surface area contributed by atoms with Crippen LogP contribution in [0.1, 0.15) is 34.6 Å². The van der Waals surface area contributed by atoms with Crippen molar-refractivity contribution >= 4 is 40.5 Å². The second kappa shape index (κ2) is 8.86. The topological polar surface area (TPSA) is 113 Å². The van der Waals surface area contributed by atoms with Crippen molar-refractivity contribution in [1.82, 2.24) is 10.6 Å². The molecule has 3 N–H and O–H groups in total. The first-order chi connectivity index (χ1) is 12.8. The van der Waals surface area contributed by atoms with E-state index >= 15 is 0 Å².